The van der Waals surface area contributed by atoms with Crippen LogP contribution in [-0.2, 0) is 16.4 Å². The van der Waals surface area contributed by atoms with Gasteiger partial charge in [-0.05, 0) is 50.5 Å². The Morgan fingerprint density at radius 3 is 2.43 bits per heavy atom. The van der Waals surface area contributed by atoms with E-state index >= 15 is 0 Å². The highest BCUT2D eigenvalue weighted by Crippen LogP contribution is 2.35. The summed E-state index contributed by atoms with van der Waals surface area (Å²) in [6, 6.07) is 14.8. The highest BCUT2D eigenvalue weighted by Gasteiger charge is 2.33. The van der Waals surface area contributed by atoms with Crippen molar-refractivity contribution in [3.63, 3.8) is 0 Å². The first-order chi connectivity index (χ1) is 10.00. The monoisotopic (exact) mass is 301 g/mol. The summed E-state index contributed by atoms with van der Waals surface area (Å²) in [6.07, 6.45) is 1.78. The Kier molecular flexibility index (Phi) is 3.49. The van der Waals surface area contributed by atoms with Gasteiger partial charge in [-0.2, -0.15) is 0 Å². The lowest BCUT2D eigenvalue weighted by Crippen LogP contribution is -2.42. The molecule has 0 unspecified atom stereocenters. The number of hydrogen-bond donors (Lipinski definition) is 0. The van der Waals surface area contributed by atoms with Crippen LogP contribution in [0.25, 0.3) is 0 Å². The average Bonchev–Trinajstić information content (AvgIpc) is 2.47. The molecule has 0 aliphatic carbocycles. The molecule has 0 saturated carbocycles. The molecule has 0 fully saturated rings. The van der Waals surface area contributed by atoms with E-state index in [4.69, 9.17) is 0 Å². The van der Waals surface area contributed by atoms with Gasteiger partial charge < -0.3 is 0 Å². The molecule has 4 heteroatoms. The molecule has 1 atom stereocenters. The second-order valence-corrected chi connectivity index (χ2v) is 7.45. The molecule has 1 aliphatic heterocycles. The number of para-hydroxylation sites is 1. The van der Waals surface area contributed by atoms with Gasteiger partial charge in [-0.1, -0.05) is 35.9 Å². The maximum Gasteiger partial charge on any atom is 0.264 e. The van der Waals surface area contributed by atoms with Gasteiger partial charge in [0.1, 0.15) is 0 Å². The standard InChI is InChI=1S/C17H19NO2S/c1-13-7-11-16(12-8-13)21(19,20)18-14(2)9-10-15-5-3-4-6-17(15)18/h3-8,11-12,14H,9-10H2,1-2H3/t14-/m0/s1. The van der Waals surface area contributed by atoms with Crippen LogP contribution < -0.4 is 4.31 Å². The molecule has 1 heterocycles. The van der Waals surface area contributed by atoms with Gasteiger partial charge >= 0.3 is 0 Å². The van der Waals surface area contributed by atoms with Gasteiger partial charge in [0.15, 0.2) is 0 Å². The van der Waals surface area contributed by atoms with Crippen molar-refractivity contribution < 1.29 is 8.42 Å². The fourth-order valence-corrected chi connectivity index (χ4v) is 4.57. The lowest BCUT2D eigenvalue weighted by molar-refractivity contribution is 0.563. The predicted molar refractivity (Wildman–Crippen MR) is 85.1 cm³/mol. The average molecular weight is 301 g/mol. The zero-order chi connectivity index (χ0) is 15.0. The largest absolute Gasteiger partial charge is 0.264 e. The van der Waals surface area contributed by atoms with Crippen LogP contribution in [0.2, 0.25) is 0 Å². The third-order valence-corrected chi connectivity index (χ3v) is 5.98. The number of anilines is 1. The summed E-state index contributed by atoms with van der Waals surface area (Å²) >= 11 is 0. The van der Waals surface area contributed by atoms with E-state index in [9.17, 15) is 8.42 Å². The van der Waals surface area contributed by atoms with Gasteiger partial charge in [0.05, 0.1) is 10.6 Å². The van der Waals surface area contributed by atoms with Gasteiger partial charge in [0.2, 0.25) is 0 Å². The second-order valence-electron chi connectivity index (χ2n) is 5.63. The van der Waals surface area contributed by atoms with Crippen LogP contribution in [-0.4, -0.2) is 14.5 Å². The minimum Gasteiger partial charge on any atom is -0.263 e. The van der Waals surface area contributed by atoms with E-state index in [-0.39, 0.29) is 6.04 Å². The molecule has 21 heavy (non-hydrogen) atoms. The van der Waals surface area contributed by atoms with Gasteiger partial charge in [-0.3, -0.25) is 4.31 Å². The van der Waals surface area contributed by atoms with Crippen LogP contribution in [0.3, 0.4) is 0 Å². The topological polar surface area (TPSA) is 37.4 Å². The van der Waals surface area contributed by atoms with Crippen molar-refractivity contribution in [2.24, 2.45) is 0 Å². The summed E-state index contributed by atoms with van der Waals surface area (Å²) in [7, 11) is -3.51. The number of nitrogens with zero attached hydrogens (tertiary/aromatic N) is 1. The molecule has 2 aromatic carbocycles. The van der Waals surface area contributed by atoms with Crippen molar-refractivity contribution in [1.29, 1.82) is 0 Å². The van der Waals surface area contributed by atoms with Crippen LogP contribution in [0.15, 0.2) is 53.4 Å². The first-order valence-electron chi connectivity index (χ1n) is 7.19. The summed E-state index contributed by atoms with van der Waals surface area (Å²) < 4.78 is 27.6. The van der Waals surface area contributed by atoms with Crippen LogP contribution in [0.4, 0.5) is 5.69 Å². The number of fused-ring (bicyclic) bond motifs is 1. The summed E-state index contributed by atoms with van der Waals surface area (Å²) in [4.78, 5) is 0.358. The van der Waals surface area contributed by atoms with Gasteiger partial charge in [0.25, 0.3) is 10.0 Å². The Morgan fingerprint density at radius 1 is 1.05 bits per heavy atom. The smallest absolute Gasteiger partial charge is 0.263 e. The fraction of sp³-hybridized carbons (Fsp3) is 0.294. The maximum absolute atomic E-state index is 13.0. The van der Waals surface area contributed by atoms with Gasteiger partial charge in [-0.15, -0.1) is 0 Å². The summed E-state index contributed by atoms with van der Waals surface area (Å²) in [6.45, 7) is 3.93. The summed E-state index contributed by atoms with van der Waals surface area (Å²) in [5, 5.41) is 0. The number of sulfonamides is 1. The molecule has 0 spiro atoms. The van der Waals surface area contributed by atoms with Crippen LogP contribution in [0, 0.1) is 6.92 Å². The highest BCUT2D eigenvalue weighted by molar-refractivity contribution is 7.92. The molecule has 3 nitrogen and oxygen atoms in total. The van der Waals surface area contributed by atoms with E-state index in [1.54, 1.807) is 16.4 Å². The molecule has 0 bridgehead atoms. The number of benzene rings is 2. The van der Waals surface area contributed by atoms with E-state index in [0.717, 1.165) is 29.7 Å². The number of aryl methyl sites for hydroxylation is 2. The minimum absolute atomic E-state index is 0.0220. The summed E-state index contributed by atoms with van der Waals surface area (Å²) in [5.74, 6) is 0. The Labute approximate surface area is 126 Å². The lowest BCUT2D eigenvalue weighted by Gasteiger charge is -2.36. The first-order valence-corrected chi connectivity index (χ1v) is 8.63. The van der Waals surface area contributed by atoms with Gasteiger partial charge in [0, 0.05) is 6.04 Å². The van der Waals surface area contributed by atoms with Crippen molar-refractivity contribution in [3.05, 3.63) is 59.7 Å². The van der Waals surface area contributed by atoms with E-state index in [0.29, 0.717) is 4.90 Å². The highest BCUT2D eigenvalue weighted by atomic mass is 32.2. The van der Waals surface area contributed by atoms with Crippen LogP contribution in [0.1, 0.15) is 24.5 Å². The zero-order valence-corrected chi connectivity index (χ0v) is 13.1. The molecule has 3 rings (SSSR count). The molecular formula is C17H19NO2S. The van der Waals surface area contributed by atoms with E-state index < -0.39 is 10.0 Å². The fourth-order valence-electron chi connectivity index (χ4n) is 2.85. The Bertz CT molecular complexity index is 751. The zero-order valence-electron chi connectivity index (χ0n) is 12.3. The van der Waals surface area contributed by atoms with Gasteiger partial charge in [-0.25, -0.2) is 8.42 Å². The first kappa shape index (κ1) is 14.1. The SMILES string of the molecule is Cc1ccc(S(=O)(=O)N2c3ccccc3CC[C@@H]2C)cc1. The van der Waals surface area contributed by atoms with E-state index in [1.165, 1.54) is 0 Å². The van der Waals surface area contributed by atoms with Crippen LogP contribution in [0.5, 0.6) is 0 Å². The third-order valence-electron chi connectivity index (χ3n) is 4.04. The molecule has 0 saturated heterocycles. The quantitative estimate of drug-likeness (QED) is 0.851. The number of rotatable bonds is 2. The molecule has 0 radical (unpaired) electrons. The van der Waals surface area contributed by atoms with E-state index in [1.807, 2.05) is 50.2 Å². The molecule has 0 N–H and O–H groups in total. The normalized spacial score (nSPS) is 18.4. The number of hydrogen-bond acceptors (Lipinski definition) is 2. The predicted octanol–water partition coefficient (Wildman–Crippen LogP) is 3.53. The third kappa shape index (κ3) is 2.44. The van der Waals surface area contributed by atoms with Crippen molar-refractivity contribution in [1.82, 2.24) is 0 Å². The van der Waals surface area contributed by atoms with Crippen molar-refractivity contribution in [3.8, 4) is 0 Å². The van der Waals surface area contributed by atoms with Crippen molar-refractivity contribution in [2.75, 3.05) is 4.31 Å². The molecule has 2 aromatic rings. The van der Waals surface area contributed by atoms with Crippen molar-refractivity contribution >= 4 is 15.7 Å². The Hall–Kier alpha value is -1.81. The molecule has 0 amide bonds. The molecular weight excluding hydrogens is 282 g/mol. The summed E-state index contributed by atoms with van der Waals surface area (Å²) in [5.41, 5.74) is 2.98. The molecule has 110 valence electrons. The Morgan fingerprint density at radius 2 is 1.71 bits per heavy atom. The van der Waals surface area contributed by atoms with Crippen LogP contribution >= 0.6 is 0 Å². The Balaban J connectivity index is 2.12. The lowest BCUT2D eigenvalue weighted by atomic mass is 9.99. The molecule has 0 aromatic heterocycles. The maximum atomic E-state index is 13.0. The minimum atomic E-state index is -3.51. The van der Waals surface area contributed by atoms with E-state index in [2.05, 4.69) is 0 Å². The molecule has 1 aliphatic rings. The second kappa shape index (κ2) is 5.19. The van der Waals surface area contributed by atoms with Crippen molar-refractivity contribution in [2.45, 2.75) is 37.6 Å².